The van der Waals surface area contributed by atoms with Crippen LogP contribution in [0.15, 0.2) is 41.3 Å². The molecule has 1 aliphatic heterocycles. The summed E-state index contributed by atoms with van der Waals surface area (Å²) in [6, 6.07) is 7.52. The van der Waals surface area contributed by atoms with Gasteiger partial charge in [0.15, 0.2) is 0 Å². The minimum atomic E-state index is -0.234. The molecule has 1 aromatic rings. The summed E-state index contributed by atoms with van der Waals surface area (Å²) in [7, 11) is 0. The van der Waals surface area contributed by atoms with E-state index in [9.17, 15) is 4.79 Å². The monoisotopic (exact) mass is 220 g/mol. The van der Waals surface area contributed by atoms with Gasteiger partial charge in [0, 0.05) is 4.90 Å². The van der Waals surface area contributed by atoms with Crippen LogP contribution in [0, 0.1) is 0 Å². The Kier molecular flexibility index (Phi) is 2.82. The Bertz CT molecular complexity index is 412. The number of thioether (sulfide) groups is 1. The van der Waals surface area contributed by atoms with Gasteiger partial charge in [-0.15, -0.1) is 11.8 Å². The number of hydrogen-bond donors (Lipinski definition) is 0. The molecule has 0 saturated heterocycles. The van der Waals surface area contributed by atoms with Gasteiger partial charge in [-0.25, -0.2) is 4.79 Å². The van der Waals surface area contributed by atoms with Gasteiger partial charge < -0.3 is 4.74 Å². The molecule has 1 aromatic carbocycles. The average Bonchev–Trinajstić information content (AvgIpc) is 2.39. The molecule has 2 nitrogen and oxygen atoms in total. The second-order valence-corrected chi connectivity index (χ2v) is 4.79. The Morgan fingerprint density at radius 2 is 2.27 bits per heavy atom. The fourth-order valence-corrected chi connectivity index (χ4v) is 2.48. The lowest BCUT2D eigenvalue weighted by atomic mass is 10.2. The van der Waals surface area contributed by atoms with E-state index in [-0.39, 0.29) is 11.2 Å². The van der Waals surface area contributed by atoms with Crippen molar-refractivity contribution >= 4 is 17.7 Å². The molecule has 1 atom stereocenters. The zero-order valence-electron chi connectivity index (χ0n) is 8.53. The van der Waals surface area contributed by atoms with Gasteiger partial charge in [-0.1, -0.05) is 24.3 Å². The number of benzene rings is 1. The van der Waals surface area contributed by atoms with Gasteiger partial charge in [0.05, 0.1) is 10.8 Å². The molecule has 0 radical (unpaired) electrons. The smallest absolute Gasteiger partial charge is 0.339 e. The maximum atomic E-state index is 11.6. The largest absolute Gasteiger partial charge is 0.461 e. The molecule has 15 heavy (non-hydrogen) atoms. The summed E-state index contributed by atoms with van der Waals surface area (Å²) in [6.45, 7) is 6.27. The summed E-state index contributed by atoms with van der Waals surface area (Å²) in [5.41, 5.74) is 1.69. The average molecular weight is 220 g/mol. The number of ether oxygens (including phenoxy) is 1. The van der Waals surface area contributed by atoms with E-state index in [1.165, 1.54) is 0 Å². The molecule has 0 bridgehead atoms. The SMILES string of the molecule is C=C(C)C1COC(=O)c2ccccc2S1. The predicted octanol–water partition coefficient (Wildman–Crippen LogP) is 2.89. The fraction of sp³-hybridized carbons (Fsp3) is 0.250. The Hall–Kier alpha value is -1.22. The standard InChI is InChI=1S/C12H12O2S/c1-8(2)11-7-14-12(13)9-5-3-4-6-10(9)15-11/h3-6,11H,1,7H2,2H3. The molecular formula is C12H12O2S. The highest BCUT2D eigenvalue weighted by atomic mass is 32.2. The van der Waals surface area contributed by atoms with Crippen LogP contribution in [-0.4, -0.2) is 17.8 Å². The molecule has 0 N–H and O–H groups in total. The van der Waals surface area contributed by atoms with Gasteiger partial charge >= 0.3 is 5.97 Å². The van der Waals surface area contributed by atoms with Gasteiger partial charge in [-0.05, 0) is 19.1 Å². The summed E-state index contributed by atoms with van der Waals surface area (Å²) >= 11 is 1.64. The van der Waals surface area contributed by atoms with Crippen LogP contribution < -0.4 is 0 Å². The second-order valence-electron chi connectivity index (χ2n) is 3.55. The number of cyclic esters (lactones) is 1. The van der Waals surface area contributed by atoms with E-state index in [2.05, 4.69) is 6.58 Å². The highest BCUT2D eigenvalue weighted by Gasteiger charge is 2.23. The van der Waals surface area contributed by atoms with Crippen LogP contribution in [0.4, 0.5) is 0 Å². The third-order valence-electron chi connectivity index (χ3n) is 2.29. The molecule has 2 rings (SSSR count). The van der Waals surface area contributed by atoms with Gasteiger partial charge in [-0.3, -0.25) is 0 Å². The van der Waals surface area contributed by atoms with Crippen LogP contribution in [-0.2, 0) is 4.74 Å². The van der Waals surface area contributed by atoms with Crippen molar-refractivity contribution in [1.29, 1.82) is 0 Å². The topological polar surface area (TPSA) is 26.3 Å². The third-order valence-corrected chi connectivity index (χ3v) is 3.72. The highest BCUT2D eigenvalue weighted by Crippen LogP contribution is 2.33. The molecule has 0 aliphatic carbocycles. The lowest BCUT2D eigenvalue weighted by Crippen LogP contribution is -2.13. The van der Waals surface area contributed by atoms with E-state index in [1.807, 2.05) is 25.1 Å². The molecular weight excluding hydrogens is 208 g/mol. The van der Waals surface area contributed by atoms with Gasteiger partial charge in [0.2, 0.25) is 0 Å². The van der Waals surface area contributed by atoms with E-state index >= 15 is 0 Å². The number of hydrogen-bond acceptors (Lipinski definition) is 3. The first kappa shape index (κ1) is 10.3. The quantitative estimate of drug-likeness (QED) is 0.537. The van der Waals surface area contributed by atoms with Gasteiger partial charge in [-0.2, -0.15) is 0 Å². The van der Waals surface area contributed by atoms with E-state index in [0.29, 0.717) is 12.2 Å². The van der Waals surface area contributed by atoms with E-state index in [1.54, 1.807) is 17.8 Å². The van der Waals surface area contributed by atoms with Crippen molar-refractivity contribution in [2.45, 2.75) is 17.1 Å². The van der Waals surface area contributed by atoms with E-state index in [4.69, 9.17) is 4.74 Å². The Balaban J connectivity index is 2.38. The summed E-state index contributed by atoms with van der Waals surface area (Å²) < 4.78 is 5.18. The minimum Gasteiger partial charge on any atom is -0.461 e. The summed E-state index contributed by atoms with van der Waals surface area (Å²) in [5, 5.41) is 0.164. The van der Waals surface area contributed by atoms with Crippen LogP contribution in [0.5, 0.6) is 0 Å². The molecule has 0 amide bonds. The number of esters is 1. The van der Waals surface area contributed by atoms with Gasteiger partial charge in [0.25, 0.3) is 0 Å². The summed E-state index contributed by atoms with van der Waals surface area (Å²) in [6.07, 6.45) is 0. The van der Waals surface area contributed by atoms with Crippen molar-refractivity contribution in [2.75, 3.05) is 6.61 Å². The Morgan fingerprint density at radius 3 is 3.00 bits per heavy atom. The lowest BCUT2D eigenvalue weighted by Gasteiger charge is -2.12. The molecule has 3 heteroatoms. The maximum absolute atomic E-state index is 11.6. The summed E-state index contributed by atoms with van der Waals surface area (Å²) in [5.74, 6) is -0.234. The van der Waals surface area contributed by atoms with Crippen molar-refractivity contribution in [3.8, 4) is 0 Å². The molecule has 0 saturated carbocycles. The highest BCUT2D eigenvalue weighted by molar-refractivity contribution is 8.00. The maximum Gasteiger partial charge on any atom is 0.339 e. The number of fused-ring (bicyclic) bond motifs is 1. The first-order chi connectivity index (χ1) is 7.18. The van der Waals surface area contributed by atoms with Crippen LogP contribution >= 0.6 is 11.8 Å². The van der Waals surface area contributed by atoms with Gasteiger partial charge in [0.1, 0.15) is 6.61 Å². The first-order valence-corrected chi connectivity index (χ1v) is 5.64. The van der Waals surface area contributed by atoms with Crippen molar-refractivity contribution in [2.24, 2.45) is 0 Å². The Morgan fingerprint density at radius 1 is 1.53 bits per heavy atom. The first-order valence-electron chi connectivity index (χ1n) is 4.76. The van der Waals surface area contributed by atoms with E-state index < -0.39 is 0 Å². The number of rotatable bonds is 1. The normalized spacial score (nSPS) is 20.1. The predicted molar refractivity (Wildman–Crippen MR) is 61.2 cm³/mol. The molecule has 0 fully saturated rings. The fourth-order valence-electron chi connectivity index (χ4n) is 1.40. The van der Waals surface area contributed by atoms with Crippen molar-refractivity contribution < 1.29 is 9.53 Å². The lowest BCUT2D eigenvalue weighted by molar-refractivity contribution is 0.0515. The molecule has 1 unspecified atom stereocenters. The zero-order valence-corrected chi connectivity index (χ0v) is 9.34. The van der Waals surface area contributed by atoms with Crippen LogP contribution in [0.3, 0.4) is 0 Å². The molecule has 0 spiro atoms. The number of carbonyl (C=O) groups excluding carboxylic acids is 1. The Labute approximate surface area is 93.3 Å². The number of carbonyl (C=O) groups is 1. The molecule has 1 heterocycles. The second kappa shape index (κ2) is 4.11. The zero-order chi connectivity index (χ0) is 10.8. The van der Waals surface area contributed by atoms with Crippen LogP contribution in [0.1, 0.15) is 17.3 Å². The van der Waals surface area contributed by atoms with Crippen LogP contribution in [0.2, 0.25) is 0 Å². The minimum absolute atomic E-state index is 0.164. The van der Waals surface area contributed by atoms with Crippen molar-refractivity contribution in [3.05, 3.63) is 42.0 Å². The molecule has 78 valence electrons. The molecule has 1 aliphatic rings. The van der Waals surface area contributed by atoms with Crippen molar-refractivity contribution in [1.82, 2.24) is 0 Å². The third kappa shape index (κ3) is 2.07. The summed E-state index contributed by atoms with van der Waals surface area (Å²) in [4.78, 5) is 12.6. The van der Waals surface area contributed by atoms with Crippen molar-refractivity contribution in [3.63, 3.8) is 0 Å². The van der Waals surface area contributed by atoms with E-state index in [0.717, 1.165) is 10.5 Å². The van der Waals surface area contributed by atoms with Crippen LogP contribution in [0.25, 0.3) is 0 Å². The molecule has 0 aromatic heterocycles.